The second kappa shape index (κ2) is 11.0. The first-order valence-electron chi connectivity index (χ1n) is 14.2. The molecule has 0 spiro atoms. The molecule has 7 N–H and O–H groups in total. The molecule has 0 saturated heterocycles. The fourth-order valence-electron chi connectivity index (χ4n) is 5.87. The third kappa shape index (κ3) is 4.64. The van der Waals surface area contributed by atoms with Gasteiger partial charge in [-0.25, -0.2) is 24.0 Å². The number of phenolic OH excluding ortho intramolecular Hbond substituents is 3. The fourth-order valence-corrected chi connectivity index (χ4v) is 5.87. The molecule has 15 heteroatoms. The molecule has 7 rings (SSSR count). The van der Waals surface area contributed by atoms with Gasteiger partial charge in [0.1, 0.15) is 33.8 Å². The summed E-state index contributed by atoms with van der Waals surface area (Å²) in [4.78, 5) is 64.0. The Kier molecular flexibility index (Phi) is 6.85. The van der Waals surface area contributed by atoms with Crippen LogP contribution in [-0.4, -0.2) is 65.6 Å². The third-order valence-corrected chi connectivity index (χ3v) is 8.04. The summed E-state index contributed by atoms with van der Waals surface area (Å²) in [6.45, 7) is 0. The highest BCUT2D eigenvalue weighted by molar-refractivity contribution is 6.30. The van der Waals surface area contributed by atoms with Crippen molar-refractivity contribution in [1.29, 1.82) is 0 Å². The summed E-state index contributed by atoms with van der Waals surface area (Å²) >= 11 is 0. The molecule has 0 saturated carbocycles. The zero-order valence-corrected chi connectivity index (χ0v) is 24.7. The van der Waals surface area contributed by atoms with Crippen LogP contribution in [0.15, 0.2) is 89.8 Å². The standard InChI is InChI=1S/C35H18O15/c36-15-5-1-12(2-6-15)22(31(41)42)29-26(39)21(34(46)49-29)14-9-17-18(11-20(38)28-24(17)19(10-14)33(45)48-28)25-27(40)30(50-35(25)47)23(32(43)44)13-3-7-16(37)8-4-13/h1-11,36-40H,(H,41,42)(H,43,44). The lowest BCUT2D eigenvalue weighted by molar-refractivity contribution is -0.133. The number of rotatable bonds is 6. The quantitative estimate of drug-likeness (QED) is 0.0859. The minimum absolute atomic E-state index is 0.0481. The molecule has 0 radical (unpaired) electrons. The number of ether oxygens (including phenoxy) is 3. The number of carboxylic acid groups (broad SMARTS) is 2. The monoisotopic (exact) mass is 678 g/mol. The molecule has 3 aliphatic rings. The number of carbonyl (C=O) groups excluding carboxylic acids is 3. The van der Waals surface area contributed by atoms with Gasteiger partial charge in [-0.1, -0.05) is 24.3 Å². The highest BCUT2D eigenvalue weighted by Gasteiger charge is 2.41. The zero-order chi connectivity index (χ0) is 35.8. The van der Waals surface area contributed by atoms with Gasteiger partial charge in [0.05, 0.1) is 5.56 Å². The number of carboxylic acids is 2. The van der Waals surface area contributed by atoms with Gasteiger partial charge in [-0.05, 0) is 64.5 Å². The number of esters is 3. The number of aliphatic hydroxyl groups is 2. The summed E-state index contributed by atoms with van der Waals surface area (Å²) in [5.74, 6) is -11.6. The topological polar surface area (TPSA) is 255 Å². The summed E-state index contributed by atoms with van der Waals surface area (Å²) < 4.78 is 15.6. The van der Waals surface area contributed by atoms with E-state index >= 15 is 0 Å². The van der Waals surface area contributed by atoms with E-state index in [0.717, 1.165) is 12.1 Å². The number of carbonyl (C=O) groups is 5. The van der Waals surface area contributed by atoms with Crippen LogP contribution >= 0.6 is 0 Å². The van der Waals surface area contributed by atoms with Gasteiger partial charge in [0.15, 0.2) is 34.5 Å². The Labute approximate surface area is 277 Å². The largest absolute Gasteiger partial charge is 0.508 e. The molecule has 50 heavy (non-hydrogen) atoms. The average Bonchev–Trinajstić information content (AvgIpc) is 3.66. The van der Waals surface area contributed by atoms with Gasteiger partial charge in [0, 0.05) is 10.9 Å². The van der Waals surface area contributed by atoms with Crippen molar-refractivity contribution in [3.63, 3.8) is 0 Å². The minimum atomic E-state index is -1.62. The van der Waals surface area contributed by atoms with Crippen molar-refractivity contribution in [2.75, 3.05) is 0 Å². The van der Waals surface area contributed by atoms with Crippen molar-refractivity contribution in [2.24, 2.45) is 0 Å². The summed E-state index contributed by atoms with van der Waals surface area (Å²) in [7, 11) is 0. The Morgan fingerprint density at radius 2 is 1.02 bits per heavy atom. The Hall–Kier alpha value is -7.55. The summed E-state index contributed by atoms with van der Waals surface area (Å²) in [6, 6.07) is 12.7. The molecule has 4 aromatic rings. The molecule has 15 nitrogen and oxygen atoms in total. The van der Waals surface area contributed by atoms with Crippen molar-refractivity contribution >= 4 is 62.9 Å². The van der Waals surface area contributed by atoms with Crippen molar-refractivity contribution in [3.05, 3.63) is 118 Å². The van der Waals surface area contributed by atoms with Crippen LogP contribution in [0.5, 0.6) is 23.0 Å². The van der Waals surface area contributed by atoms with Crippen LogP contribution in [-0.2, 0) is 28.7 Å². The molecule has 3 aliphatic heterocycles. The van der Waals surface area contributed by atoms with E-state index in [9.17, 15) is 59.7 Å². The van der Waals surface area contributed by atoms with Crippen LogP contribution in [0.2, 0.25) is 0 Å². The van der Waals surface area contributed by atoms with E-state index < -0.39 is 80.9 Å². The van der Waals surface area contributed by atoms with Crippen molar-refractivity contribution in [3.8, 4) is 23.0 Å². The minimum Gasteiger partial charge on any atom is -0.508 e. The Morgan fingerprint density at radius 1 is 0.540 bits per heavy atom. The Morgan fingerprint density at radius 3 is 1.52 bits per heavy atom. The SMILES string of the molecule is O=C(O)C(=C1OC(=O)C(c2cc3c4c(c(O)cc(C5=C(O)C(=C(C(=O)O)c6ccc(O)cc6)OC5=O)c4c2)OC3=O)=C1O)c1ccc(O)cc1. The summed E-state index contributed by atoms with van der Waals surface area (Å²) in [5, 5.41) is 72.3. The fraction of sp³-hybridized carbons (Fsp3) is 0. The number of phenols is 3. The second-order valence-electron chi connectivity index (χ2n) is 10.9. The van der Waals surface area contributed by atoms with Crippen molar-refractivity contribution in [1.82, 2.24) is 0 Å². The maximum Gasteiger partial charge on any atom is 0.348 e. The molecule has 0 atom stereocenters. The molecular weight excluding hydrogens is 660 g/mol. The van der Waals surface area contributed by atoms with Gasteiger partial charge in [-0.3, -0.25) is 0 Å². The zero-order valence-electron chi connectivity index (χ0n) is 24.7. The molecule has 0 aromatic heterocycles. The first-order valence-corrected chi connectivity index (χ1v) is 14.2. The molecule has 0 bridgehead atoms. The van der Waals surface area contributed by atoms with Crippen LogP contribution in [0, 0.1) is 0 Å². The van der Waals surface area contributed by atoms with E-state index in [4.69, 9.17) is 14.2 Å². The third-order valence-electron chi connectivity index (χ3n) is 8.04. The number of aliphatic carboxylic acids is 2. The number of cyclic esters (lactones) is 2. The number of hydrogen-bond acceptors (Lipinski definition) is 13. The number of aromatic hydroxyl groups is 3. The predicted octanol–water partition coefficient (Wildman–Crippen LogP) is 4.13. The lowest BCUT2D eigenvalue weighted by atomic mass is 9.90. The van der Waals surface area contributed by atoms with Gasteiger partial charge >= 0.3 is 29.8 Å². The molecule has 0 fully saturated rings. The maximum atomic E-state index is 13.3. The first kappa shape index (κ1) is 31.1. The number of hydrogen-bond donors (Lipinski definition) is 7. The molecule has 0 unspecified atom stereocenters. The van der Waals surface area contributed by atoms with Gasteiger partial charge in [0.25, 0.3) is 0 Å². The van der Waals surface area contributed by atoms with E-state index in [0.29, 0.717) is 0 Å². The summed E-state index contributed by atoms with van der Waals surface area (Å²) in [5.41, 5.74) is -3.50. The van der Waals surface area contributed by atoms with Crippen molar-refractivity contribution in [2.45, 2.75) is 0 Å². The Bertz CT molecular complexity index is 2420. The molecule has 4 aromatic carbocycles. The second-order valence-corrected chi connectivity index (χ2v) is 10.9. The van der Waals surface area contributed by atoms with Crippen LogP contribution in [0.1, 0.15) is 32.6 Å². The number of aliphatic hydroxyl groups excluding tert-OH is 2. The summed E-state index contributed by atoms with van der Waals surface area (Å²) in [6.07, 6.45) is 0. The van der Waals surface area contributed by atoms with Gasteiger partial charge in [-0.15, -0.1) is 0 Å². The van der Waals surface area contributed by atoms with E-state index in [1.807, 2.05) is 0 Å². The van der Waals surface area contributed by atoms with Crippen LogP contribution in [0.3, 0.4) is 0 Å². The molecular formula is C35H18O15. The lowest BCUT2D eigenvalue weighted by Crippen LogP contribution is -2.06. The predicted molar refractivity (Wildman–Crippen MR) is 167 cm³/mol. The van der Waals surface area contributed by atoms with Crippen LogP contribution in [0.4, 0.5) is 0 Å². The van der Waals surface area contributed by atoms with Crippen LogP contribution < -0.4 is 4.74 Å². The van der Waals surface area contributed by atoms with Gasteiger partial charge < -0.3 is 50.0 Å². The lowest BCUT2D eigenvalue weighted by Gasteiger charge is -2.11. The molecule has 0 aliphatic carbocycles. The first-order chi connectivity index (χ1) is 23.8. The highest BCUT2D eigenvalue weighted by atomic mass is 16.6. The van der Waals surface area contributed by atoms with E-state index in [1.54, 1.807) is 0 Å². The molecule has 0 amide bonds. The Balaban J connectivity index is 1.48. The van der Waals surface area contributed by atoms with E-state index in [2.05, 4.69) is 0 Å². The van der Waals surface area contributed by atoms with Gasteiger partial charge in [-0.2, -0.15) is 0 Å². The maximum absolute atomic E-state index is 13.3. The van der Waals surface area contributed by atoms with Gasteiger partial charge in [0.2, 0.25) is 0 Å². The number of benzene rings is 4. The van der Waals surface area contributed by atoms with E-state index in [1.165, 1.54) is 54.6 Å². The average molecular weight is 679 g/mol. The normalized spacial score (nSPS) is 17.2. The molecule has 3 heterocycles. The van der Waals surface area contributed by atoms with Crippen molar-refractivity contribution < 1.29 is 73.9 Å². The highest BCUT2D eigenvalue weighted by Crippen LogP contribution is 2.49. The smallest absolute Gasteiger partial charge is 0.348 e. The van der Waals surface area contributed by atoms with Crippen LogP contribution in [0.25, 0.3) is 33.1 Å². The van der Waals surface area contributed by atoms with E-state index in [-0.39, 0.29) is 55.8 Å². The molecule has 248 valence electrons.